The van der Waals surface area contributed by atoms with Gasteiger partial charge in [0.25, 0.3) is 5.76 Å². The van der Waals surface area contributed by atoms with E-state index < -0.39 is 5.76 Å². The molecule has 0 saturated carbocycles. The Bertz CT molecular complexity index is 293. The van der Waals surface area contributed by atoms with Gasteiger partial charge in [0, 0.05) is 10.6 Å². The Kier molecular flexibility index (Phi) is 3.36. The first-order chi connectivity index (χ1) is 6.13. The number of methoxy groups -OCH3 is 1. The summed E-state index contributed by atoms with van der Waals surface area (Å²) in [6.45, 7) is 0. The smallest absolute Gasteiger partial charge is 0.288 e. The van der Waals surface area contributed by atoms with Crippen LogP contribution in [0.3, 0.4) is 0 Å². The fraction of sp³-hybridized carbons (Fsp3) is 0.250. The topological polar surface area (TPSA) is 35.2 Å². The van der Waals surface area contributed by atoms with Gasteiger partial charge in [-0.1, -0.05) is 11.8 Å². The number of halogens is 2. The van der Waals surface area contributed by atoms with Crippen LogP contribution in [0.2, 0.25) is 0 Å². The minimum Gasteiger partial charge on any atom is -0.497 e. The van der Waals surface area contributed by atoms with Crippen LogP contribution >= 0.6 is 11.8 Å². The number of ether oxygens (including phenoxy) is 1. The van der Waals surface area contributed by atoms with Crippen molar-refractivity contribution >= 4 is 17.4 Å². The Morgan fingerprint density at radius 3 is 2.69 bits per heavy atom. The number of benzene rings is 1. The maximum absolute atomic E-state index is 12.0. The van der Waals surface area contributed by atoms with Gasteiger partial charge in [-0.15, -0.1) is 0 Å². The lowest BCUT2D eigenvalue weighted by Gasteiger charge is -2.06. The lowest BCUT2D eigenvalue weighted by Crippen LogP contribution is -1.92. The SMILES string of the molecule is COc1ccc(N)c(SC(F)F)c1. The van der Waals surface area contributed by atoms with Gasteiger partial charge in [0.2, 0.25) is 0 Å². The van der Waals surface area contributed by atoms with Crippen LogP contribution in [0.1, 0.15) is 0 Å². The van der Waals surface area contributed by atoms with Gasteiger partial charge < -0.3 is 10.5 Å². The minimum absolute atomic E-state index is 0.339. The Labute approximate surface area is 79.1 Å². The number of hydrogen-bond acceptors (Lipinski definition) is 3. The van der Waals surface area contributed by atoms with E-state index in [1.807, 2.05) is 0 Å². The van der Waals surface area contributed by atoms with E-state index in [9.17, 15) is 8.78 Å². The number of rotatable bonds is 3. The summed E-state index contributed by atoms with van der Waals surface area (Å²) in [6, 6.07) is 4.67. The first kappa shape index (κ1) is 10.1. The quantitative estimate of drug-likeness (QED) is 0.608. The Balaban J connectivity index is 2.90. The molecule has 1 aromatic carbocycles. The maximum atomic E-state index is 12.0. The Hall–Kier alpha value is -0.970. The highest BCUT2D eigenvalue weighted by molar-refractivity contribution is 7.99. The van der Waals surface area contributed by atoms with Gasteiger partial charge in [0.15, 0.2) is 0 Å². The molecule has 5 heteroatoms. The molecular weight excluding hydrogens is 196 g/mol. The zero-order chi connectivity index (χ0) is 9.84. The summed E-state index contributed by atoms with van der Waals surface area (Å²) < 4.78 is 28.9. The van der Waals surface area contributed by atoms with Crippen LogP contribution < -0.4 is 10.5 Å². The van der Waals surface area contributed by atoms with Crippen molar-refractivity contribution in [3.05, 3.63) is 18.2 Å². The third kappa shape index (κ3) is 2.77. The molecule has 0 aliphatic rings. The number of anilines is 1. The molecule has 0 bridgehead atoms. The summed E-state index contributed by atoms with van der Waals surface area (Å²) in [7, 11) is 1.47. The van der Waals surface area contributed by atoms with E-state index in [2.05, 4.69) is 0 Å². The summed E-state index contributed by atoms with van der Waals surface area (Å²) in [5, 5.41) is 0. The van der Waals surface area contributed by atoms with Gasteiger partial charge in [-0.25, -0.2) is 0 Å². The van der Waals surface area contributed by atoms with Gasteiger partial charge in [-0.3, -0.25) is 0 Å². The van der Waals surface area contributed by atoms with Crippen molar-refractivity contribution in [3.63, 3.8) is 0 Å². The van der Waals surface area contributed by atoms with Gasteiger partial charge in [0.05, 0.1) is 7.11 Å². The minimum atomic E-state index is -2.46. The van der Waals surface area contributed by atoms with Crippen molar-refractivity contribution in [2.45, 2.75) is 10.7 Å². The van der Waals surface area contributed by atoms with E-state index in [0.717, 1.165) is 0 Å². The molecule has 0 heterocycles. The molecule has 0 saturated heterocycles. The molecule has 1 rings (SSSR count). The summed E-state index contributed by atoms with van der Waals surface area (Å²) >= 11 is 0.416. The number of nitrogens with two attached hydrogens (primary N) is 1. The van der Waals surface area contributed by atoms with Crippen LogP contribution in [0.4, 0.5) is 14.5 Å². The van der Waals surface area contributed by atoms with Crippen LogP contribution in [0.15, 0.2) is 23.1 Å². The number of alkyl halides is 2. The molecule has 0 amide bonds. The predicted octanol–water partition coefficient (Wildman–Crippen LogP) is 2.59. The molecule has 72 valence electrons. The van der Waals surface area contributed by atoms with Crippen molar-refractivity contribution in [1.29, 1.82) is 0 Å². The summed E-state index contributed by atoms with van der Waals surface area (Å²) in [5.74, 6) is -1.94. The third-order valence-corrected chi connectivity index (χ3v) is 2.22. The van der Waals surface area contributed by atoms with Crippen LogP contribution in [0.5, 0.6) is 5.75 Å². The highest BCUT2D eigenvalue weighted by atomic mass is 32.2. The summed E-state index contributed by atoms with van der Waals surface area (Å²) in [4.78, 5) is 0.342. The molecule has 0 radical (unpaired) electrons. The van der Waals surface area contributed by atoms with Gasteiger partial charge in [-0.05, 0) is 18.2 Å². The van der Waals surface area contributed by atoms with Gasteiger partial charge in [-0.2, -0.15) is 8.78 Å². The molecule has 1 aromatic rings. The second-order valence-electron chi connectivity index (χ2n) is 2.28. The standard InChI is InChI=1S/C8H9F2NOS/c1-12-5-2-3-6(11)7(4-5)13-8(9)10/h2-4,8H,11H2,1H3. The molecule has 0 unspecified atom stereocenters. The second-order valence-corrected chi connectivity index (χ2v) is 3.31. The third-order valence-electron chi connectivity index (χ3n) is 1.44. The maximum Gasteiger partial charge on any atom is 0.288 e. The normalized spacial score (nSPS) is 10.5. The average molecular weight is 205 g/mol. The molecule has 0 atom stereocenters. The predicted molar refractivity (Wildman–Crippen MR) is 49.3 cm³/mol. The van der Waals surface area contributed by atoms with Crippen LogP contribution in [-0.2, 0) is 0 Å². The van der Waals surface area contributed by atoms with Crippen molar-refractivity contribution in [3.8, 4) is 5.75 Å². The molecule has 0 fully saturated rings. The van der Waals surface area contributed by atoms with E-state index in [4.69, 9.17) is 10.5 Å². The first-order valence-electron chi connectivity index (χ1n) is 3.52. The molecular formula is C8H9F2NOS. The van der Waals surface area contributed by atoms with Crippen molar-refractivity contribution in [2.75, 3.05) is 12.8 Å². The van der Waals surface area contributed by atoms with Crippen molar-refractivity contribution in [2.24, 2.45) is 0 Å². The van der Waals surface area contributed by atoms with E-state index >= 15 is 0 Å². The first-order valence-corrected chi connectivity index (χ1v) is 4.39. The van der Waals surface area contributed by atoms with Crippen LogP contribution in [0, 0.1) is 0 Å². The lowest BCUT2D eigenvalue weighted by molar-refractivity contribution is 0.252. The van der Waals surface area contributed by atoms with Crippen LogP contribution in [-0.4, -0.2) is 12.9 Å². The fourth-order valence-corrected chi connectivity index (χ4v) is 1.42. The summed E-state index contributed by atoms with van der Waals surface area (Å²) in [5.41, 5.74) is 5.82. The van der Waals surface area contributed by atoms with E-state index in [1.165, 1.54) is 13.2 Å². The van der Waals surface area contributed by atoms with E-state index in [-0.39, 0.29) is 0 Å². The highest BCUT2D eigenvalue weighted by Crippen LogP contribution is 2.32. The fourth-order valence-electron chi connectivity index (χ4n) is 0.840. The average Bonchev–Trinajstić information content (AvgIpc) is 2.08. The molecule has 0 spiro atoms. The molecule has 2 N–H and O–H groups in total. The monoisotopic (exact) mass is 205 g/mol. The van der Waals surface area contributed by atoms with Gasteiger partial charge >= 0.3 is 0 Å². The molecule has 0 aliphatic heterocycles. The molecule has 0 aliphatic carbocycles. The van der Waals surface area contributed by atoms with Crippen molar-refractivity contribution in [1.82, 2.24) is 0 Å². The largest absolute Gasteiger partial charge is 0.497 e. The van der Waals surface area contributed by atoms with Crippen LogP contribution in [0.25, 0.3) is 0 Å². The van der Waals surface area contributed by atoms with E-state index in [1.54, 1.807) is 12.1 Å². The highest BCUT2D eigenvalue weighted by Gasteiger charge is 2.09. The zero-order valence-electron chi connectivity index (χ0n) is 6.96. The number of thioether (sulfide) groups is 1. The second kappa shape index (κ2) is 4.32. The zero-order valence-corrected chi connectivity index (χ0v) is 7.78. The lowest BCUT2D eigenvalue weighted by atomic mass is 10.3. The molecule has 0 aromatic heterocycles. The number of nitrogen functional groups attached to an aromatic ring is 1. The van der Waals surface area contributed by atoms with Crippen molar-refractivity contribution < 1.29 is 13.5 Å². The molecule has 13 heavy (non-hydrogen) atoms. The Morgan fingerprint density at radius 2 is 2.15 bits per heavy atom. The van der Waals surface area contributed by atoms with E-state index in [0.29, 0.717) is 28.1 Å². The number of hydrogen-bond donors (Lipinski definition) is 1. The summed E-state index contributed by atoms with van der Waals surface area (Å²) in [6.07, 6.45) is 0. The molecule has 2 nitrogen and oxygen atoms in total. The van der Waals surface area contributed by atoms with Gasteiger partial charge in [0.1, 0.15) is 5.75 Å². The Morgan fingerprint density at radius 1 is 1.46 bits per heavy atom.